The van der Waals surface area contributed by atoms with Gasteiger partial charge in [-0.15, -0.1) is 0 Å². The Hall–Kier alpha value is -3.87. The summed E-state index contributed by atoms with van der Waals surface area (Å²) >= 11 is 0. The van der Waals surface area contributed by atoms with E-state index in [1.54, 1.807) is 67.9 Å². The zero-order chi connectivity index (χ0) is 25.6. The Morgan fingerprint density at radius 1 is 0.714 bits per heavy atom. The van der Waals surface area contributed by atoms with Crippen molar-refractivity contribution >= 4 is 17.9 Å². The van der Waals surface area contributed by atoms with Crippen LogP contribution in [0.3, 0.4) is 0 Å². The third-order valence-electron chi connectivity index (χ3n) is 6.40. The van der Waals surface area contributed by atoms with Crippen molar-refractivity contribution in [1.29, 1.82) is 0 Å². The van der Waals surface area contributed by atoms with Gasteiger partial charge in [0.05, 0.1) is 17.7 Å². The Bertz CT molecular complexity index is 1050. The van der Waals surface area contributed by atoms with Gasteiger partial charge in [-0.25, -0.2) is 9.59 Å². The van der Waals surface area contributed by atoms with E-state index >= 15 is 0 Å². The Kier molecular flexibility index (Phi) is 7.79. The summed E-state index contributed by atoms with van der Waals surface area (Å²) in [5.74, 6) is -0.881. The van der Waals surface area contributed by atoms with E-state index in [0.29, 0.717) is 22.6 Å². The van der Waals surface area contributed by atoms with E-state index in [-0.39, 0.29) is 13.2 Å². The average Bonchev–Trinajstić information content (AvgIpc) is 2.89. The summed E-state index contributed by atoms with van der Waals surface area (Å²) in [6, 6.07) is 17.3. The van der Waals surface area contributed by atoms with Crippen LogP contribution in [0.15, 0.2) is 84.6 Å². The van der Waals surface area contributed by atoms with Gasteiger partial charge in [-0.2, -0.15) is 0 Å². The molecule has 0 fully saturated rings. The van der Waals surface area contributed by atoms with Crippen LogP contribution < -0.4 is 0 Å². The number of benzene rings is 2. The molecule has 0 bridgehead atoms. The van der Waals surface area contributed by atoms with Crippen LogP contribution in [0.5, 0.6) is 0 Å². The molecule has 0 unspecified atom stereocenters. The van der Waals surface area contributed by atoms with Crippen molar-refractivity contribution in [2.75, 3.05) is 13.2 Å². The fraction of sp³-hybridized carbons (Fsp3) is 0.321. The maximum atomic E-state index is 12.9. The molecule has 0 N–H and O–H groups in total. The maximum Gasteiger partial charge on any atom is 0.343 e. The number of rotatable bonds is 7. The van der Waals surface area contributed by atoms with Gasteiger partial charge in [0, 0.05) is 23.2 Å². The van der Waals surface area contributed by atoms with E-state index in [1.807, 2.05) is 39.8 Å². The van der Waals surface area contributed by atoms with Gasteiger partial charge in [-0.1, -0.05) is 64.1 Å². The second-order valence-electron chi connectivity index (χ2n) is 9.23. The van der Waals surface area contributed by atoms with Gasteiger partial charge in [-0.3, -0.25) is 4.79 Å². The van der Waals surface area contributed by atoms with Crippen molar-refractivity contribution in [2.45, 2.75) is 34.6 Å². The number of carbonyl (C=O) groups excluding carboxylic acids is 3. The molecule has 7 nitrogen and oxygen atoms in total. The van der Waals surface area contributed by atoms with Crippen molar-refractivity contribution in [1.82, 2.24) is 4.90 Å². The molecule has 3 rings (SSSR count). The Morgan fingerprint density at radius 2 is 1.11 bits per heavy atom. The Balaban J connectivity index is 2.00. The molecule has 0 aliphatic carbocycles. The monoisotopic (exact) mass is 477 g/mol. The Morgan fingerprint density at radius 3 is 1.49 bits per heavy atom. The largest absolute Gasteiger partial charge is 0.465 e. The van der Waals surface area contributed by atoms with Crippen molar-refractivity contribution in [3.8, 4) is 0 Å². The third kappa shape index (κ3) is 5.80. The fourth-order valence-corrected chi connectivity index (χ4v) is 3.50. The highest BCUT2D eigenvalue weighted by Crippen LogP contribution is 2.51. The van der Waals surface area contributed by atoms with Gasteiger partial charge in [0.25, 0.3) is 0 Å². The molecule has 1 heterocycles. The molecule has 0 radical (unpaired) electrons. The molecule has 0 saturated heterocycles. The van der Waals surface area contributed by atoms with Gasteiger partial charge < -0.3 is 19.1 Å². The van der Waals surface area contributed by atoms with Crippen LogP contribution in [0.4, 0.5) is 0 Å². The maximum absolute atomic E-state index is 12.9. The lowest BCUT2D eigenvalue weighted by Crippen LogP contribution is -2.38. The molecule has 2 aromatic carbocycles. The summed E-state index contributed by atoms with van der Waals surface area (Å²) in [6.07, 6.45) is 3.17. The van der Waals surface area contributed by atoms with E-state index in [1.165, 1.54) is 4.90 Å². The molecule has 1 aliphatic heterocycles. The van der Waals surface area contributed by atoms with Crippen molar-refractivity contribution < 1.29 is 28.6 Å². The van der Waals surface area contributed by atoms with Crippen LogP contribution in [-0.4, -0.2) is 36.0 Å². The summed E-state index contributed by atoms with van der Waals surface area (Å²) in [5, 5.41) is 0. The number of carbonyl (C=O) groups is 3. The summed E-state index contributed by atoms with van der Waals surface area (Å²) in [4.78, 5) is 39.7. The fourth-order valence-electron chi connectivity index (χ4n) is 3.50. The topological polar surface area (TPSA) is 82.1 Å². The van der Waals surface area contributed by atoms with E-state index in [4.69, 9.17) is 14.2 Å². The number of hydrogen-bond donors (Lipinski definition) is 0. The quantitative estimate of drug-likeness (QED) is 0.395. The molecule has 0 spiro atoms. The molecule has 0 aromatic heterocycles. The minimum absolute atomic E-state index is 0.154. The molecule has 0 atom stereocenters. The van der Waals surface area contributed by atoms with Crippen LogP contribution in [0, 0.1) is 10.8 Å². The molecule has 1 aliphatic rings. The molecular weight excluding hydrogens is 446 g/mol. The van der Waals surface area contributed by atoms with Crippen molar-refractivity contribution in [3.63, 3.8) is 0 Å². The second kappa shape index (κ2) is 10.6. The molecular formula is C28H31NO6. The molecule has 0 saturated carbocycles. The van der Waals surface area contributed by atoms with E-state index in [9.17, 15) is 14.4 Å². The first-order valence-electron chi connectivity index (χ1n) is 11.5. The van der Waals surface area contributed by atoms with Crippen LogP contribution in [-0.2, 0) is 19.0 Å². The van der Waals surface area contributed by atoms with E-state index in [0.717, 1.165) is 0 Å². The first kappa shape index (κ1) is 25.7. The van der Waals surface area contributed by atoms with Crippen LogP contribution in [0.25, 0.3) is 0 Å². The minimum atomic E-state index is -0.816. The third-order valence-corrected chi connectivity index (χ3v) is 6.40. The lowest BCUT2D eigenvalue weighted by atomic mass is 9.66. The molecule has 2 aromatic rings. The van der Waals surface area contributed by atoms with Crippen LogP contribution >= 0.6 is 0 Å². The van der Waals surface area contributed by atoms with Gasteiger partial charge in [0.15, 0.2) is 0 Å². The minimum Gasteiger partial charge on any atom is -0.465 e. The van der Waals surface area contributed by atoms with E-state index < -0.39 is 28.7 Å². The van der Waals surface area contributed by atoms with Gasteiger partial charge in [-0.05, 0) is 31.2 Å². The highest BCUT2D eigenvalue weighted by molar-refractivity contribution is 5.90. The van der Waals surface area contributed by atoms with Crippen molar-refractivity contribution in [3.05, 3.63) is 95.7 Å². The standard InChI is InChI=1S/C28H31NO6/c1-6-33-24(30)19-29-17-22(34-25(31)20-13-9-7-10-14-20)27(2,3)28(4,5)23(18-29)35-26(32)21-15-11-8-12-16-21/h7-18H,6,19H2,1-5H3. The predicted molar refractivity (Wildman–Crippen MR) is 131 cm³/mol. The summed E-state index contributed by atoms with van der Waals surface area (Å²) in [7, 11) is 0. The molecule has 184 valence electrons. The number of hydrogen-bond acceptors (Lipinski definition) is 7. The first-order valence-corrected chi connectivity index (χ1v) is 11.5. The van der Waals surface area contributed by atoms with Crippen molar-refractivity contribution in [2.24, 2.45) is 10.8 Å². The zero-order valence-electron chi connectivity index (χ0n) is 20.7. The number of nitrogens with zero attached hydrogens (tertiary/aromatic N) is 1. The normalized spacial score (nSPS) is 16.3. The number of esters is 3. The highest BCUT2D eigenvalue weighted by Gasteiger charge is 2.48. The van der Waals surface area contributed by atoms with Gasteiger partial charge in [0.1, 0.15) is 18.1 Å². The molecule has 7 heteroatoms. The first-order chi connectivity index (χ1) is 16.6. The number of ether oxygens (including phenoxy) is 3. The SMILES string of the molecule is CCOC(=O)CN1C=C(OC(=O)c2ccccc2)C(C)(C)C(C)(C)C(OC(=O)c2ccccc2)=C1. The van der Waals surface area contributed by atoms with Crippen LogP contribution in [0.2, 0.25) is 0 Å². The lowest BCUT2D eigenvalue weighted by molar-refractivity contribution is -0.143. The second-order valence-corrected chi connectivity index (χ2v) is 9.23. The lowest BCUT2D eigenvalue weighted by Gasteiger charge is -2.41. The summed E-state index contributed by atoms with van der Waals surface area (Å²) in [6.45, 7) is 9.38. The number of allylic oxidation sites excluding steroid dienone is 2. The Labute approximate surface area is 206 Å². The average molecular weight is 478 g/mol. The highest BCUT2D eigenvalue weighted by atomic mass is 16.5. The molecule has 35 heavy (non-hydrogen) atoms. The smallest absolute Gasteiger partial charge is 0.343 e. The van der Waals surface area contributed by atoms with E-state index in [2.05, 4.69) is 0 Å². The summed E-state index contributed by atoms with van der Waals surface area (Å²) in [5.41, 5.74) is -0.841. The van der Waals surface area contributed by atoms with Gasteiger partial charge >= 0.3 is 17.9 Å². The summed E-state index contributed by atoms with van der Waals surface area (Å²) < 4.78 is 16.9. The predicted octanol–water partition coefficient (Wildman–Crippen LogP) is 5.31. The van der Waals surface area contributed by atoms with Crippen LogP contribution in [0.1, 0.15) is 55.3 Å². The molecule has 0 amide bonds. The van der Waals surface area contributed by atoms with Gasteiger partial charge in [0.2, 0.25) is 0 Å². The zero-order valence-corrected chi connectivity index (χ0v) is 20.7.